The zero-order valence-electron chi connectivity index (χ0n) is 11.9. The Balaban J connectivity index is 2.63. The molecule has 3 N–H and O–H groups in total. The summed E-state index contributed by atoms with van der Waals surface area (Å²) in [6, 6.07) is 6.46. The lowest BCUT2D eigenvalue weighted by Crippen LogP contribution is -2.27. The number of rotatable bonds is 6. The van der Waals surface area contributed by atoms with Gasteiger partial charge in [-0.15, -0.1) is 0 Å². The fourth-order valence-corrected chi connectivity index (χ4v) is 2.63. The van der Waals surface area contributed by atoms with E-state index in [1.165, 1.54) is 0 Å². The third-order valence-electron chi connectivity index (χ3n) is 2.57. The minimum absolute atomic E-state index is 0.251. The van der Waals surface area contributed by atoms with Gasteiger partial charge in [-0.25, -0.2) is 13.1 Å². The molecule has 0 saturated heterocycles. The summed E-state index contributed by atoms with van der Waals surface area (Å²) in [4.78, 5) is 2.26. The molecule has 0 aliphatic rings. The van der Waals surface area contributed by atoms with Crippen LogP contribution in [0.2, 0.25) is 0 Å². The lowest BCUT2D eigenvalue weighted by Gasteiger charge is -2.10. The highest BCUT2D eigenvalue weighted by Crippen LogP contribution is 2.09. The fourth-order valence-electron chi connectivity index (χ4n) is 1.56. The molecular weight excluding hydrogens is 274 g/mol. The molecule has 0 atom stereocenters. The molecule has 6 heteroatoms. The van der Waals surface area contributed by atoms with Crippen molar-refractivity contribution >= 4 is 10.0 Å². The Hall–Kier alpha value is -1.39. The molecule has 1 aromatic carbocycles. The maximum Gasteiger partial charge on any atom is 0.240 e. The van der Waals surface area contributed by atoms with Crippen LogP contribution in [0.3, 0.4) is 0 Å². The summed E-state index contributed by atoms with van der Waals surface area (Å²) in [5, 5.41) is 0. The number of hydrogen-bond donors (Lipinski definition) is 2. The van der Waals surface area contributed by atoms with Crippen molar-refractivity contribution in [3.8, 4) is 11.8 Å². The van der Waals surface area contributed by atoms with Crippen LogP contribution < -0.4 is 10.5 Å². The zero-order chi connectivity index (χ0) is 15.0. The molecule has 20 heavy (non-hydrogen) atoms. The van der Waals surface area contributed by atoms with Crippen LogP contribution in [0.4, 0.5) is 0 Å². The van der Waals surface area contributed by atoms with E-state index in [1.54, 1.807) is 24.3 Å². The smallest absolute Gasteiger partial charge is 0.240 e. The Labute approximate surface area is 121 Å². The maximum absolute atomic E-state index is 12.0. The third kappa shape index (κ3) is 5.72. The topological polar surface area (TPSA) is 75.4 Å². The number of nitrogens with zero attached hydrogens (tertiary/aromatic N) is 1. The predicted molar refractivity (Wildman–Crippen MR) is 80.7 cm³/mol. The van der Waals surface area contributed by atoms with E-state index < -0.39 is 10.0 Å². The molecular formula is C14H21N3O2S. The van der Waals surface area contributed by atoms with Gasteiger partial charge in [-0.1, -0.05) is 11.8 Å². The van der Waals surface area contributed by atoms with Crippen LogP contribution in [0.1, 0.15) is 12.0 Å². The highest BCUT2D eigenvalue weighted by Gasteiger charge is 2.12. The molecule has 0 aliphatic carbocycles. The summed E-state index contributed by atoms with van der Waals surface area (Å²) >= 11 is 0. The quantitative estimate of drug-likeness (QED) is 0.582. The zero-order valence-corrected chi connectivity index (χ0v) is 12.7. The van der Waals surface area contributed by atoms with E-state index in [0.717, 1.165) is 18.5 Å². The van der Waals surface area contributed by atoms with Crippen molar-refractivity contribution in [1.82, 2.24) is 9.62 Å². The predicted octanol–water partition coefficient (Wildman–Crippen LogP) is 0.227. The number of nitrogens with one attached hydrogen (secondary N) is 1. The van der Waals surface area contributed by atoms with Crippen molar-refractivity contribution in [1.29, 1.82) is 0 Å². The van der Waals surface area contributed by atoms with Gasteiger partial charge < -0.3 is 10.6 Å². The summed E-state index contributed by atoms with van der Waals surface area (Å²) in [5.74, 6) is 5.58. The first-order valence-corrected chi connectivity index (χ1v) is 7.87. The number of benzene rings is 1. The third-order valence-corrected chi connectivity index (χ3v) is 4.05. The maximum atomic E-state index is 12.0. The molecule has 0 aliphatic heterocycles. The van der Waals surface area contributed by atoms with Crippen LogP contribution in [0.25, 0.3) is 0 Å². The Morgan fingerprint density at radius 3 is 2.45 bits per heavy atom. The van der Waals surface area contributed by atoms with Gasteiger partial charge in [0.05, 0.1) is 11.4 Å². The molecule has 0 bridgehead atoms. The van der Waals surface area contributed by atoms with Crippen molar-refractivity contribution in [2.75, 3.05) is 33.7 Å². The molecule has 0 amide bonds. The van der Waals surface area contributed by atoms with Crippen LogP contribution in [-0.2, 0) is 10.0 Å². The molecule has 1 rings (SSSR count). The molecule has 0 fully saturated rings. The monoisotopic (exact) mass is 295 g/mol. The van der Waals surface area contributed by atoms with Gasteiger partial charge in [0.15, 0.2) is 0 Å². The average Bonchev–Trinajstić information content (AvgIpc) is 2.42. The van der Waals surface area contributed by atoms with E-state index >= 15 is 0 Å². The fraction of sp³-hybridized carbons (Fsp3) is 0.429. The molecule has 5 nitrogen and oxygen atoms in total. The largest absolute Gasteiger partial charge is 0.320 e. The van der Waals surface area contributed by atoms with Crippen LogP contribution in [0, 0.1) is 11.8 Å². The Kier molecular flexibility index (Phi) is 6.68. The van der Waals surface area contributed by atoms with Crippen molar-refractivity contribution in [3.63, 3.8) is 0 Å². The van der Waals surface area contributed by atoms with E-state index in [0.29, 0.717) is 6.54 Å². The summed E-state index contributed by atoms with van der Waals surface area (Å²) in [6.07, 6.45) is 0.770. The van der Waals surface area contributed by atoms with Crippen LogP contribution >= 0.6 is 0 Å². The highest BCUT2D eigenvalue weighted by atomic mass is 32.2. The second-order valence-corrected chi connectivity index (χ2v) is 6.35. The number of nitrogens with two attached hydrogens (primary N) is 1. The summed E-state index contributed by atoms with van der Waals surface area (Å²) < 4.78 is 26.6. The molecule has 1 aromatic rings. The van der Waals surface area contributed by atoms with Gasteiger partial charge in [0, 0.05) is 12.1 Å². The van der Waals surface area contributed by atoms with Gasteiger partial charge in [-0.05, 0) is 51.3 Å². The van der Waals surface area contributed by atoms with Gasteiger partial charge >= 0.3 is 0 Å². The summed E-state index contributed by atoms with van der Waals surface area (Å²) in [7, 11) is 0.471. The van der Waals surface area contributed by atoms with Crippen molar-refractivity contribution < 1.29 is 8.42 Å². The van der Waals surface area contributed by atoms with Gasteiger partial charge in [0.2, 0.25) is 10.0 Å². The van der Waals surface area contributed by atoms with E-state index in [9.17, 15) is 8.42 Å². The summed E-state index contributed by atoms with van der Waals surface area (Å²) in [6.45, 7) is 1.55. The summed E-state index contributed by atoms with van der Waals surface area (Å²) in [5.41, 5.74) is 6.03. The second kappa shape index (κ2) is 8.02. The molecule has 0 radical (unpaired) electrons. The lowest BCUT2D eigenvalue weighted by molar-refractivity contribution is 0.400. The number of hydrogen-bond acceptors (Lipinski definition) is 4. The van der Waals surface area contributed by atoms with Crippen LogP contribution in [0.5, 0.6) is 0 Å². The van der Waals surface area contributed by atoms with E-state index in [4.69, 9.17) is 5.73 Å². The van der Waals surface area contributed by atoms with E-state index in [-0.39, 0.29) is 11.4 Å². The van der Waals surface area contributed by atoms with Gasteiger partial charge in [-0.3, -0.25) is 0 Å². The highest BCUT2D eigenvalue weighted by molar-refractivity contribution is 7.89. The van der Waals surface area contributed by atoms with E-state index in [2.05, 4.69) is 16.6 Å². The Morgan fingerprint density at radius 2 is 1.90 bits per heavy atom. The van der Waals surface area contributed by atoms with Gasteiger partial charge in [-0.2, -0.15) is 0 Å². The first-order valence-electron chi connectivity index (χ1n) is 6.39. The lowest BCUT2D eigenvalue weighted by atomic mass is 10.2. The van der Waals surface area contributed by atoms with Crippen LogP contribution in [-0.4, -0.2) is 47.0 Å². The molecule has 0 heterocycles. The molecule has 110 valence electrons. The normalized spacial score (nSPS) is 11.2. The first kappa shape index (κ1) is 16.7. The van der Waals surface area contributed by atoms with E-state index in [1.807, 2.05) is 19.0 Å². The Morgan fingerprint density at radius 1 is 1.25 bits per heavy atom. The second-order valence-electron chi connectivity index (χ2n) is 4.58. The molecule has 0 spiro atoms. The number of sulfonamides is 1. The Bertz CT molecular complexity index is 569. The van der Waals surface area contributed by atoms with Crippen molar-refractivity contribution in [2.24, 2.45) is 5.73 Å². The first-order chi connectivity index (χ1) is 9.45. The van der Waals surface area contributed by atoms with Gasteiger partial charge in [0.1, 0.15) is 0 Å². The SMILES string of the molecule is CN(C)CCCNS(=O)(=O)c1ccc(C#CCN)cc1. The molecule has 0 aromatic heterocycles. The van der Waals surface area contributed by atoms with Gasteiger partial charge in [0.25, 0.3) is 0 Å². The average molecular weight is 295 g/mol. The van der Waals surface area contributed by atoms with Crippen LogP contribution in [0.15, 0.2) is 29.2 Å². The van der Waals surface area contributed by atoms with Crippen molar-refractivity contribution in [2.45, 2.75) is 11.3 Å². The minimum atomic E-state index is -3.44. The van der Waals surface area contributed by atoms with Crippen molar-refractivity contribution in [3.05, 3.63) is 29.8 Å². The molecule has 0 unspecified atom stereocenters. The molecule has 0 saturated carbocycles. The minimum Gasteiger partial charge on any atom is -0.320 e. The standard InChI is InChI=1S/C14H21N3O2S/c1-17(2)12-4-11-16-20(18,19)14-8-6-13(7-9-14)5-3-10-15/h6-9,16H,4,10-12,15H2,1-2H3.